The van der Waals surface area contributed by atoms with Crippen molar-refractivity contribution in [2.45, 2.75) is 12.8 Å². The monoisotopic (exact) mass is 413 g/mol. The van der Waals surface area contributed by atoms with Crippen LogP contribution in [0.1, 0.15) is 23.2 Å². The van der Waals surface area contributed by atoms with Gasteiger partial charge < -0.3 is 15.4 Å². The zero-order valence-electron chi connectivity index (χ0n) is 17.0. The van der Waals surface area contributed by atoms with Crippen LogP contribution in [0.5, 0.6) is 5.75 Å². The Hall–Kier alpha value is -4.11. The van der Waals surface area contributed by atoms with E-state index >= 15 is 0 Å². The van der Waals surface area contributed by atoms with E-state index in [0.717, 1.165) is 11.1 Å². The predicted molar refractivity (Wildman–Crippen MR) is 120 cm³/mol. The van der Waals surface area contributed by atoms with Gasteiger partial charge >= 0.3 is 0 Å². The Morgan fingerprint density at radius 1 is 0.903 bits per heavy atom. The maximum atomic E-state index is 12.3. The zero-order valence-corrected chi connectivity index (χ0v) is 17.0. The second-order valence-electron chi connectivity index (χ2n) is 6.81. The number of hydrogen-bond acceptors (Lipinski definition) is 4. The first kappa shape index (κ1) is 21.6. The molecule has 0 aliphatic rings. The van der Waals surface area contributed by atoms with Gasteiger partial charge in [-0.25, -0.2) is 0 Å². The summed E-state index contributed by atoms with van der Waals surface area (Å²) >= 11 is 0. The van der Waals surface area contributed by atoms with Crippen molar-refractivity contribution in [3.8, 4) is 22.9 Å². The summed E-state index contributed by atoms with van der Waals surface area (Å²) in [6, 6.07) is 26.2. The van der Waals surface area contributed by atoms with Gasteiger partial charge in [-0.05, 0) is 41.8 Å². The van der Waals surface area contributed by atoms with Crippen molar-refractivity contribution in [1.29, 1.82) is 5.26 Å². The molecule has 0 aliphatic heterocycles. The number of carbonyl (C=O) groups excluding carboxylic acids is 2. The molecule has 3 aromatic rings. The van der Waals surface area contributed by atoms with Gasteiger partial charge in [-0.2, -0.15) is 5.26 Å². The van der Waals surface area contributed by atoms with Gasteiger partial charge in [-0.3, -0.25) is 9.59 Å². The SMILES string of the molecule is N#CCCCOc1cccc(NC(=O)CNC(=O)c2ccc(-c3ccccc3)cc2)c1. The van der Waals surface area contributed by atoms with E-state index in [1.54, 1.807) is 36.4 Å². The third-order valence-electron chi connectivity index (χ3n) is 4.48. The first-order valence-corrected chi connectivity index (χ1v) is 9.99. The quantitative estimate of drug-likeness (QED) is 0.509. The lowest BCUT2D eigenvalue weighted by Crippen LogP contribution is -2.32. The predicted octanol–water partition coefficient (Wildman–Crippen LogP) is 4.40. The largest absolute Gasteiger partial charge is 0.493 e. The number of ether oxygens (including phenoxy) is 1. The Bertz CT molecular complexity index is 1060. The van der Waals surface area contributed by atoms with Gasteiger partial charge in [0, 0.05) is 23.7 Å². The van der Waals surface area contributed by atoms with Crippen LogP contribution in [0.25, 0.3) is 11.1 Å². The summed E-state index contributed by atoms with van der Waals surface area (Å²) < 4.78 is 5.56. The number of benzene rings is 3. The van der Waals surface area contributed by atoms with E-state index in [-0.39, 0.29) is 18.4 Å². The van der Waals surface area contributed by atoms with Gasteiger partial charge in [0.2, 0.25) is 5.91 Å². The molecule has 0 spiro atoms. The molecule has 156 valence electrons. The van der Waals surface area contributed by atoms with E-state index in [4.69, 9.17) is 10.00 Å². The topological polar surface area (TPSA) is 91.2 Å². The van der Waals surface area contributed by atoms with Crippen molar-refractivity contribution in [1.82, 2.24) is 5.32 Å². The third-order valence-corrected chi connectivity index (χ3v) is 4.48. The molecule has 0 saturated heterocycles. The molecule has 0 atom stereocenters. The Balaban J connectivity index is 1.48. The van der Waals surface area contributed by atoms with Crippen LogP contribution in [-0.2, 0) is 4.79 Å². The van der Waals surface area contributed by atoms with Crippen molar-refractivity contribution >= 4 is 17.5 Å². The number of nitriles is 1. The van der Waals surface area contributed by atoms with Crippen LogP contribution in [0.3, 0.4) is 0 Å². The fourth-order valence-corrected chi connectivity index (χ4v) is 2.92. The number of rotatable bonds is 9. The highest BCUT2D eigenvalue weighted by Gasteiger charge is 2.09. The summed E-state index contributed by atoms with van der Waals surface area (Å²) in [6.45, 7) is 0.288. The molecule has 2 amide bonds. The van der Waals surface area contributed by atoms with Crippen molar-refractivity contribution in [3.63, 3.8) is 0 Å². The average molecular weight is 413 g/mol. The summed E-state index contributed by atoms with van der Waals surface area (Å²) in [7, 11) is 0. The molecule has 0 aromatic heterocycles. The molecule has 0 saturated carbocycles. The van der Waals surface area contributed by atoms with E-state index in [2.05, 4.69) is 16.7 Å². The van der Waals surface area contributed by atoms with Crippen LogP contribution in [0.2, 0.25) is 0 Å². The number of nitrogens with zero attached hydrogens (tertiary/aromatic N) is 1. The summed E-state index contributed by atoms with van der Waals surface area (Å²) in [5.41, 5.74) is 3.15. The number of hydrogen-bond donors (Lipinski definition) is 2. The number of carbonyl (C=O) groups is 2. The molecule has 0 radical (unpaired) electrons. The summed E-state index contributed by atoms with van der Waals surface area (Å²) in [4.78, 5) is 24.5. The second-order valence-corrected chi connectivity index (χ2v) is 6.81. The molecule has 2 N–H and O–H groups in total. The normalized spacial score (nSPS) is 10.0. The van der Waals surface area contributed by atoms with Gasteiger partial charge in [0.05, 0.1) is 19.2 Å². The number of amides is 2. The molecule has 0 unspecified atom stereocenters. The van der Waals surface area contributed by atoms with Crippen LogP contribution >= 0.6 is 0 Å². The van der Waals surface area contributed by atoms with Crippen molar-refractivity contribution in [2.75, 3.05) is 18.5 Å². The maximum Gasteiger partial charge on any atom is 0.251 e. The highest BCUT2D eigenvalue weighted by Crippen LogP contribution is 2.19. The smallest absolute Gasteiger partial charge is 0.251 e. The molecular weight excluding hydrogens is 390 g/mol. The lowest BCUT2D eigenvalue weighted by molar-refractivity contribution is -0.115. The van der Waals surface area contributed by atoms with E-state index in [1.165, 1.54) is 0 Å². The van der Waals surface area contributed by atoms with E-state index < -0.39 is 0 Å². The summed E-state index contributed by atoms with van der Waals surface area (Å²) in [5, 5.41) is 13.9. The van der Waals surface area contributed by atoms with Gasteiger partial charge in [-0.1, -0.05) is 48.5 Å². The number of anilines is 1. The van der Waals surface area contributed by atoms with Crippen LogP contribution in [0.4, 0.5) is 5.69 Å². The first-order chi connectivity index (χ1) is 15.2. The Morgan fingerprint density at radius 2 is 1.65 bits per heavy atom. The Kier molecular flexibility index (Phi) is 7.78. The van der Waals surface area contributed by atoms with Gasteiger partial charge in [0.25, 0.3) is 5.91 Å². The molecule has 0 heterocycles. The van der Waals surface area contributed by atoms with Gasteiger partial charge in [0.1, 0.15) is 5.75 Å². The standard InChI is InChI=1S/C25H23N3O3/c26-15-4-5-16-31-23-10-6-9-22(17-23)28-24(29)18-27-25(30)21-13-11-20(12-14-21)19-7-2-1-3-8-19/h1-3,6-14,17H,4-5,16,18H2,(H,27,30)(H,28,29). The molecule has 0 aliphatic carbocycles. The van der Waals surface area contributed by atoms with Crippen LogP contribution in [-0.4, -0.2) is 25.0 Å². The van der Waals surface area contributed by atoms with E-state index in [1.807, 2.05) is 42.5 Å². The van der Waals surface area contributed by atoms with Crippen molar-refractivity contribution in [3.05, 3.63) is 84.4 Å². The molecule has 3 rings (SSSR count). The van der Waals surface area contributed by atoms with Crippen molar-refractivity contribution < 1.29 is 14.3 Å². The average Bonchev–Trinajstić information content (AvgIpc) is 2.81. The van der Waals surface area contributed by atoms with Crippen LogP contribution < -0.4 is 15.4 Å². The highest BCUT2D eigenvalue weighted by molar-refractivity contribution is 5.99. The van der Waals surface area contributed by atoms with E-state index in [0.29, 0.717) is 36.4 Å². The van der Waals surface area contributed by atoms with E-state index in [9.17, 15) is 9.59 Å². The fraction of sp³-hybridized carbons (Fsp3) is 0.160. The lowest BCUT2D eigenvalue weighted by Gasteiger charge is -2.10. The first-order valence-electron chi connectivity index (χ1n) is 9.99. The second kappa shape index (κ2) is 11.2. The van der Waals surface area contributed by atoms with Crippen LogP contribution in [0, 0.1) is 11.3 Å². The van der Waals surface area contributed by atoms with Crippen molar-refractivity contribution in [2.24, 2.45) is 0 Å². The number of nitrogens with one attached hydrogen (secondary N) is 2. The summed E-state index contributed by atoms with van der Waals surface area (Å²) in [5.74, 6) is -0.0431. The molecular formula is C25H23N3O3. The highest BCUT2D eigenvalue weighted by atomic mass is 16.5. The minimum Gasteiger partial charge on any atom is -0.493 e. The lowest BCUT2D eigenvalue weighted by atomic mass is 10.0. The Labute approximate surface area is 181 Å². The Morgan fingerprint density at radius 3 is 2.39 bits per heavy atom. The molecule has 6 heteroatoms. The third kappa shape index (κ3) is 6.72. The number of unbranched alkanes of at least 4 members (excludes halogenated alkanes) is 1. The van der Waals surface area contributed by atoms with Crippen LogP contribution in [0.15, 0.2) is 78.9 Å². The fourth-order valence-electron chi connectivity index (χ4n) is 2.92. The molecule has 6 nitrogen and oxygen atoms in total. The molecule has 31 heavy (non-hydrogen) atoms. The summed E-state index contributed by atoms with van der Waals surface area (Å²) in [6.07, 6.45) is 1.08. The molecule has 0 fully saturated rings. The van der Waals surface area contributed by atoms with Gasteiger partial charge in [0.15, 0.2) is 0 Å². The zero-order chi connectivity index (χ0) is 21.9. The molecule has 3 aromatic carbocycles. The minimum absolute atomic E-state index is 0.146. The minimum atomic E-state index is -0.337. The molecule has 0 bridgehead atoms. The van der Waals surface area contributed by atoms with Gasteiger partial charge in [-0.15, -0.1) is 0 Å². The maximum absolute atomic E-state index is 12.3.